The zero-order valence-electron chi connectivity index (χ0n) is 16.1. The van der Waals surface area contributed by atoms with Gasteiger partial charge in [-0.05, 0) is 37.1 Å². The van der Waals surface area contributed by atoms with Gasteiger partial charge in [0.2, 0.25) is 10.0 Å². The maximum Gasteiger partial charge on any atom is 0.254 e. The highest BCUT2D eigenvalue weighted by Crippen LogP contribution is 2.22. The maximum absolute atomic E-state index is 12.9. The van der Waals surface area contributed by atoms with Crippen LogP contribution in [0, 0.1) is 0 Å². The summed E-state index contributed by atoms with van der Waals surface area (Å²) in [5.41, 5.74) is 0.367. The first-order chi connectivity index (χ1) is 12.7. The highest BCUT2D eigenvalue weighted by Gasteiger charge is 2.34. The second-order valence-corrected chi connectivity index (χ2v) is 10.8. The van der Waals surface area contributed by atoms with Crippen molar-refractivity contribution >= 4 is 25.8 Å². The Morgan fingerprint density at radius 2 is 1.70 bits per heavy atom. The molecule has 1 aliphatic heterocycles. The number of sulfone groups is 1. The molecule has 0 N–H and O–H groups in total. The Balaban J connectivity index is 2.25. The van der Waals surface area contributed by atoms with Gasteiger partial charge in [-0.25, -0.2) is 16.8 Å². The van der Waals surface area contributed by atoms with Gasteiger partial charge in [0.15, 0.2) is 9.84 Å². The standard InChI is InChI=1S/C18H28N2O5S2/c1-4-12-20(16-11-13-26(22,23)14-16)18(21)15-7-9-17(10-8-15)27(24,25)19(5-2)6-3/h7-10,16H,4-6,11-14H2,1-3H3/t16-/m1/s1. The normalized spacial score (nSPS) is 19.3. The second kappa shape index (κ2) is 8.70. The van der Waals surface area contributed by atoms with E-state index < -0.39 is 19.9 Å². The molecule has 1 heterocycles. The summed E-state index contributed by atoms with van der Waals surface area (Å²) in [6, 6.07) is 5.57. The van der Waals surface area contributed by atoms with Crippen LogP contribution < -0.4 is 0 Å². The molecular formula is C18H28N2O5S2. The number of hydrogen-bond donors (Lipinski definition) is 0. The number of hydrogen-bond acceptors (Lipinski definition) is 5. The van der Waals surface area contributed by atoms with Crippen molar-refractivity contribution in [3.63, 3.8) is 0 Å². The van der Waals surface area contributed by atoms with Crippen LogP contribution in [0.2, 0.25) is 0 Å². The van der Waals surface area contributed by atoms with Crippen molar-refractivity contribution in [2.75, 3.05) is 31.1 Å². The Labute approximate surface area is 162 Å². The van der Waals surface area contributed by atoms with E-state index in [-0.39, 0.29) is 28.4 Å². The molecule has 1 atom stereocenters. The summed E-state index contributed by atoms with van der Waals surface area (Å²) in [5.74, 6) is -0.162. The fourth-order valence-corrected chi connectivity index (χ4v) is 6.55. The van der Waals surface area contributed by atoms with E-state index in [0.29, 0.717) is 31.6 Å². The molecule has 1 aromatic rings. The van der Waals surface area contributed by atoms with Crippen molar-refractivity contribution in [2.24, 2.45) is 0 Å². The molecule has 1 aliphatic rings. The molecule has 0 saturated carbocycles. The van der Waals surface area contributed by atoms with Gasteiger partial charge in [0.25, 0.3) is 5.91 Å². The van der Waals surface area contributed by atoms with Crippen LogP contribution in [0.25, 0.3) is 0 Å². The zero-order chi connectivity index (χ0) is 20.2. The number of carbonyl (C=O) groups is 1. The molecular weight excluding hydrogens is 388 g/mol. The van der Waals surface area contributed by atoms with Crippen LogP contribution >= 0.6 is 0 Å². The summed E-state index contributed by atoms with van der Waals surface area (Å²) < 4.78 is 50.0. The molecule has 1 aromatic carbocycles. The minimum Gasteiger partial charge on any atom is -0.335 e. The van der Waals surface area contributed by atoms with Crippen molar-refractivity contribution in [2.45, 2.75) is 44.6 Å². The van der Waals surface area contributed by atoms with Gasteiger partial charge in [0.1, 0.15) is 0 Å². The molecule has 2 rings (SSSR count). The van der Waals surface area contributed by atoms with Crippen molar-refractivity contribution in [3.05, 3.63) is 29.8 Å². The predicted octanol–water partition coefficient (Wildman–Crippen LogP) is 1.76. The molecule has 0 bridgehead atoms. The van der Waals surface area contributed by atoms with E-state index in [4.69, 9.17) is 0 Å². The second-order valence-electron chi connectivity index (χ2n) is 6.67. The lowest BCUT2D eigenvalue weighted by Crippen LogP contribution is -2.41. The first-order valence-electron chi connectivity index (χ1n) is 9.27. The summed E-state index contributed by atoms with van der Waals surface area (Å²) in [6.45, 7) is 6.70. The molecule has 27 heavy (non-hydrogen) atoms. The molecule has 1 amide bonds. The SMILES string of the molecule is CCCN(C(=O)c1ccc(S(=O)(=O)N(CC)CC)cc1)[C@@H]1CCS(=O)(=O)C1. The summed E-state index contributed by atoms with van der Waals surface area (Å²) in [4.78, 5) is 14.7. The van der Waals surface area contributed by atoms with Crippen molar-refractivity contribution in [1.29, 1.82) is 0 Å². The van der Waals surface area contributed by atoms with Gasteiger partial charge in [-0.15, -0.1) is 0 Å². The Morgan fingerprint density at radius 1 is 1.11 bits per heavy atom. The molecule has 7 nitrogen and oxygen atoms in total. The van der Waals surface area contributed by atoms with E-state index in [2.05, 4.69) is 0 Å². The number of sulfonamides is 1. The Kier molecular flexibility index (Phi) is 7.04. The molecule has 0 aliphatic carbocycles. The topological polar surface area (TPSA) is 91.8 Å². The lowest BCUT2D eigenvalue weighted by Gasteiger charge is -2.28. The molecule has 1 saturated heterocycles. The zero-order valence-corrected chi connectivity index (χ0v) is 17.7. The third-order valence-electron chi connectivity index (χ3n) is 4.82. The minimum atomic E-state index is -3.58. The van der Waals surface area contributed by atoms with E-state index >= 15 is 0 Å². The average Bonchev–Trinajstić information content (AvgIpc) is 2.99. The van der Waals surface area contributed by atoms with Crippen LogP contribution in [-0.2, 0) is 19.9 Å². The van der Waals surface area contributed by atoms with Crippen LogP contribution in [0.5, 0.6) is 0 Å². The van der Waals surface area contributed by atoms with Crippen molar-refractivity contribution < 1.29 is 21.6 Å². The van der Waals surface area contributed by atoms with Gasteiger partial charge >= 0.3 is 0 Å². The summed E-state index contributed by atoms with van der Waals surface area (Å²) in [7, 11) is -6.67. The lowest BCUT2D eigenvalue weighted by molar-refractivity contribution is 0.0697. The van der Waals surface area contributed by atoms with Crippen molar-refractivity contribution in [1.82, 2.24) is 9.21 Å². The largest absolute Gasteiger partial charge is 0.335 e. The van der Waals surface area contributed by atoms with Crippen molar-refractivity contribution in [3.8, 4) is 0 Å². The molecule has 1 fully saturated rings. The first-order valence-corrected chi connectivity index (χ1v) is 12.5. The Hall–Kier alpha value is -1.45. The van der Waals surface area contributed by atoms with Crippen LogP contribution in [-0.4, -0.2) is 69.1 Å². The van der Waals surface area contributed by atoms with E-state index in [1.807, 2.05) is 6.92 Å². The quantitative estimate of drug-likeness (QED) is 0.644. The average molecular weight is 417 g/mol. The third-order valence-corrected chi connectivity index (χ3v) is 8.63. The van der Waals surface area contributed by atoms with Crippen LogP contribution in [0.15, 0.2) is 29.2 Å². The van der Waals surface area contributed by atoms with Crippen LogP contribution in [0.4, 0.5) is 0 Å². The number of carbonyl (C=O) groups excluding carboxylic acids is 1. The maximum atomic E-state index is 12.9. The van der Waals surface area contributed by atoms with Crippen LogP contribution in [0.3, 0.4) is 0 Å². The van der Waals surface area contributed by atoms with E-state index in [0.717, 1.165) is 6.42 Å². The predicted molar refractivity (Wildman–Crippen MR) is 105 cm³/mol. The fraction of sp³-hybridized carbons (Fsp3) is 0.611. The van der Waals surface area contributed by atoms with E-state index in [1.165, 1.54) is 28.6 Å². The minimum absolute atomic E-state index is 0.00678. The number of benzene rings is 1. The smallest absolute Gasteiger partial charge is 0.254 e. The lowest BCUT2D eigenvalue weighted by atomic mass is 10.1. The van der Waals surface area contributed by atoms with Crippen LogP contribution in [0.1, 0.15) is 44.0 Å². The molecule has 0 unspecified atom stereocenters. The van der Waals surface area contributed by atoms with E-state index in [9.17, 15) is 21.6 Å². The Bertz CT molecular complexity index is 860. The highest BCUT2D eigenvalue weighted by atomic mass is 32.2. The number of rotatable bonds is 8. The molecule has 0 spiro atoms. The summed E-state index contributed by atoms with van der Waals surface area (Å²) in [6.07, 6.45) is 1.17. The monoisotopic (exact) mass is 416 g/mol. The van der Waals surface area contributed by atoms with E-state index in [1.54, 1.807) is 18.7 Å². The highest BCUT2D eigenvalue weighted by molar-refractivity contribution is 7.91. The number of nitrogens with zero attached hydrogens (tertiary/aromatic N) is 2. The number of amides is 1. The van der Waals surface area contributed by atoms with Gasteiger partial charge < -0.3 is 4.90 Å². The molecule has 0 radical (unpaired) electrons. The third kappa shape index (κ3) is 4.89. The molecule has 152 valence electrons. The summed E-state index contributed by atoms with van der Waals surface area (Å²) >= 11 is 0. The summed E-state index contributed by atoms with van der Waals surface area (Å²) in [5, 5.41) is 0. The van der Waals surface area contributed by atoms with Gasteiger partial charge in [-0.2, -0.15) is 4.31 Å². The van der Waals surface area contributed by atoms with Gasteiger partial charge in [0.05, 0.1) is 16.4 Å². The van der Waals surface area contributed by atoms with Gasteiger partial charge in [-0.1, -0.05) is 20.8 Å². The molecule has 9 heteroatoms. The fourth-order valence-electron chi connectivity index (χ4n) is 3.36. The van der Waals surface area contributed by atoms with Gasteiger partial charge in [-0.3, -0.25) is 4.79 Å². The van der Waals surface area contributed by atoms with Gasteiger partial charge in [0, 0.05) is 31.2 Å². The Morgan fingerprint density at radius 3 is 2.15 bits per heavy atom. The first kappa shape index (κ1) is 21.8. The molecule has 0 aromatic heterocycles.